The van der Waals surface area contributed by atoms with Gasteiger partial charge in [-0.15, -0.1) is 0 Å². The van der Waals surface area contributed by atoms with Gasteiger partial charge in [-0.25, -0.2) is 4.79 Å². The van der Waals surface area contributed by atoms with Gasteiger partial charge in [0.1, 0.15) is 0 Å². The molecule has 3 N–H and O–H groups in total. The first-order chi connectivity index (χ1) is 8.26. The molecule has 0 aliphatic rings. The van der Waals surface area contributed by atoms with Gasteiger partial charge >= 0.3 is 6.03 Å². The van der Waals surface area contributed by atoms with Crippen molar-refractivity contribution in [2.45, 2.75) is 52.7 Å². The second kappa shape index (κ2) is 8.32. The van der Waals surface area contributed by atoms with Crippen LogP contribution in [-0.4, -0.2) is 43.5 Å². The molecule has 0 aromatic heterocycles. The third kappa shape index (κ3) is 9.24. The highest BCUT2D eigenvalue weighted by atomic mass is 16.5. The number of aliphatic hydroxyl groups is 1. The lowest BCUT2D eigenvalue weighted by Crippen LogP contribution is -2.44. The second-order valence-electron chi connectivity index (χ2n) is 5.73. The number of aliphatic hydroxyl groups excluding tert-OH is 1. The Balaban J connectivity index is 3.88. The number of amides is 2. The molecule has 18 heavy (non-hydrogen) atoms. The summed E-state index contributed by atoms with van der Waals surface area (Å²) in [5, 5.41) is 15.0. The fraction of sp³-hybridized carbons (Fsp3) is 0.923. The lowest BCUT2D eigenvalue weighted by atomic mass is 9.87. The lowest BCUT2D eigenvalue weighted by Gasteiger charge is -2.26. The SMILES string of the molecule is COCCC(C)NC(=O)NCC(C)(C)CC(C)O. The number of hydrogen-bond donors (Lipinski definition) is 3. The Morgan fingerprint density at radius 3 is 2.50 bits per heavy atom. The maximum absolute atomic E-state index is 11.6. The molecule has 2 unspecified atom stereocenters. The highest BCUT2D eigenvalue weighted by molar-refractivity contribution is 5.74. The van der Waals surface area contributed by atoms with E-state index in [4.69, 9.17) is 4.74 Å². The van der Waals surface area contributed by atoms with Crippen LogP contribution in [0.3, 0.4) is 0 Å². The van der Waals surface area contributed by atoms with Crippen molar-refractivity contribution in [2.24, 2.45) is 5.41 Å². The Hall–Kier alpha value is -0.810. The van der Waals surface area contributed by atoms with Crippen molar-refractivity contribution in [3.8, 4) is 0 Å². The van der Waals surface area contributed by atoms with Gasteiger partial charge in [-0.05, 0) is 32.1 Å². The van der Waals surface area contributed by atoms with Crippen LogP contribution in [0, 0.1) is 5.41 Å². The molecule has 0 aromatic carbocycles. The van der Waals surface area contributed by atoms with Gasteiger partial charge in [0.2, 0.25) is 0 Å². The molecule has 0 saturated carbocycles. The predicted molar refractivity (Wildman–Crippen MR) is 72.6 cm³/mol. The zero-order valence-electron chi connectivity index (χ0n) is 12.2. The van der Waals surface area contributed by atoms with E-state index in [1.54, 1.807) is 14.0 Å². The lowest BCUT2D eigenvalue weighted by molar-refractivity contribution is 0.128. The van der Waals surface area contributed by atoms with Crippen LogP contribution < -0.4 is 10.6 Å². The Kier molecular flexibility index (Phi) is 7.95. The first-order valence-corrected chi connectivity index (χ1v) is 6.48. The molecule has 2 atom stereocenters. The summed E-state index contributed by atoms with van der Waals surface area (Å²) >= 11 is 0. The van der Waals surface area contributed by atoms with E-state index in [0.717, 1.165) is 6.42 Å². The summed E-state index contributed by atoms with van der Waals surface area (Å²) in [7, 11) is 1.64. The molecule has 0 aliphatic heterocycles. The average Bonchev–Trinajstić information content (AvgIpc) is 2.22. The Morgan fingerprint density at radius 2 is 2.00 bits per heavy atom. The van der Waals surface area contributed by atoms with Gasteiger partial charge in [0, 0.05) is 26.3 Å². The number of hydrogen-bond acceptors (Lipinski definition) is 3. The third-order valence-corrected chi connectivity index (χ3v) is 2.71. The van der Waals surface area contributed by atoms with Crippen molar-refractivity contribution in [3.63, 3.8) is 0 Å². The smallest absolute Gasteiger partial charge is 0.315 e. The summed E-state index contributed by atoms with van der Waals surface area (Å²) in [5.74, 6) is 0. The van der Waals surface area contributed by atoms with Crippen molar-refractivity contribution in [1.82, 2.24) is 10.6 Å². The van der Waals surface area contributed by atoms with Crippen LogP contribution in [0.15, 0.2) is 0 Å². The van der Waals surface area contributed by atoms with Crippen LogP contribution in [0.4, 0.5) is 4.79 Å². The van der Waals surface area contributed by atoms with Gasteiger partial charge in [0.25, 0.3) is 0 Å². The summed E-state index contributed by atoms with van der Waals surface area (Å²) in [5.41, 5.74) is -0.110. The molecule has 0 aliphatic carbocycles. The average molecular weight is 260 g/mol. The van der Waals surface area contributed by atoms with Gasteiger partial charge < -0.3 is 20.5 Å². The molecule has 0 aromatic rings. The van der Waals surface area contributed by atoms with Crippen LogP contribution in [0.5, 0.6) is 0 Å². The highest BCUT2D eigenvalue weighted by Gasteiger charge is 2.21. The van der Waals surface area contributed by atoms with Crippen LogP contribution in [-0.2, 0) is 4.74 Å². The van der Waals surface area contributed by atoms with Crippen LogP contribution >= 0.6 is 0 Å². The normalized spacial score (nSPS) is 15.0. The first-order valence-electron chi connectivity index (χ1n) is 6.48. The molecule has 0 fully saturated rings. The number of carbonyl (C=O) groups is 1. The Labute approximate surface area is 110 Å². The van der Waals surface area contributed by atoms with Gasteiger partial charge in [0.15, 0.2) is 0 Å². The van der Waals surface area contributed by atoms with E-state index in [1.807, 2.05) is 20.8 Å². The molecule has 2 amide bonds. The molecular formula is C13H28N2O3. The minimum absolute atomic E-state index is 0.0878. The maximum Gasteiger partial charge on any atom is 0.315 e. The number of rotatable bonds is 8. The summed E-state index contributed by atoms with van der Waals surface area (Å²) in [6.45, 7) is 8.92. The standard InChI is InChI=1S/C13H28N2O3/c1-10(6-7-18-5)15-12(17)14-9-13(3,4)8-11(2)16/h10-11,16H,6-9H2,1-5H3,(H2,14,15,17). The molecule has 5 heteroatoms. The molecule has 5 nitrogen and oxygen atoms in total. The number of ether oxygens (including phenoxy) is 1. The largest absolute Gasteiger partial charge is 0.393 e. The summed E-state index contributed by atoms with van der Waals surface area (Å²) < 4.78 is 4.95. The van der Waals surface area contributed by atoms with E-state index in [9.17, 15) is 9.90 Å². The number of methoxy groups -OCH3 is 1. The van der Waals surface area contributed by atoms with E-state index in [-0.39, 0.29) is 23.6 Å². The summed E-state index contributed by atoms with van der Waals surface area (Å²) in [4.78, 5) is 11.6. The first kappa shape index (κ1) is 17.2. The van der Waals surface area contributed by atoms with Crippen molar-refractivity contribution in [1.29, 1.82) is 0 Å². The van der Waals surface area contributed by atoms with Gasteiger partial charge in [-0.2, -0.15) is 0 Å². The third-order valence-electron chi connectivity index (χ3n) is 2.71. The van der Waals surface area contributed by atoms with Crippen LogP contribution in [0.2, 0.25) is 0 Å². The van der Waals surface area contributed by atoms with Crippen molar-refractivity contribution >= 4 is 6.03 Å². The molecular weight excluding hydrogens is 232 g/mol. The second-order valence-corrected chi connectivity index (χ2v) is 5.73. The van der Waals surface area contributed by atoms with Crippen molar-refractivity contribution < 1.29 is 14.6 Å². The molecule has 0 rings (SSSR count). The number of carbonyl (C=O) groups excluding carboxylic acids is 1. The zero-order chi connectivity index (χ0) is 14.2. The quantitative estimate of drug-likeness (QED) is 0.619. The zero-order valence-corrected chi connectivity index (χ0v) is 12.2. The number of nitrogens with one attached hydrogen (secondary N) is 2. The van der Waals surface area contributed by atoms with Crippen molar-refractivity contribution in [3.05, 3.63) is 0 Å². The fourth-order valence-electron chi connectivity index (χ4n) is 1.83. The fourth-order valence-corrected chi connectivity index (χ4v) is 1.83. The maximum atomic E-state index is 11.6. The molecule has 0 radical (unpaired) electrons. The van der Waals surface area contributed by atoms with Gasteiger partial charge in [-0.3, -0.25) is 0 Å². The van der Waals surface area contributed by atoms with E-state index >= 15 is 0 Å². The van der Waals surface area contributed by atoms with Gasteiger partial charge in [-0.1, -0.05) is 13.8 Å². The minimum Gasteiger partial charge on any atom is -0.393 e. The minimum atomic E-state index is -0.356. The summed E-state index contributed by atoms with van der Waals surface area (Å²) in [6.07, 6.45) is 1.10. The molecule has 108 valence electrons. The molecule has 0 heterocycles. The van der Waals surface area contributed by atoms with E-state index in [2.05, 4.69) is 10.6 Å². The summed E-state index contributed by atoms with van der Waals surface area (Å²) in [6, 6.07) is -0.0814. The van der Waals surface area contributed by atoms with Crippen LogP contribution in [0.25, 0.3) is 0 Å². The monoisotopic (exact) mass is 260 g/mol. The molecule has 0 spiro atoms. The number of urea groups is 1. The van der Waals surface area contributed by atoms with Crippen LogP contribution in [0.1, 0.15) is 40.5 Å². The van der Waals surface area contributed by atoms with E-state index < -0.39 is 0 Å². The Bertz CT molecular complexity index is 242. The van der Waals surface area contributed by atoms with Gasteiger partial charge in [0.05, 0.1) is 6.10 Å². The molecule has 0 saturated heterocycles. The van der Waals surface area contributed by atoms with E-state index in [0.29, 0.717) is 19.6 Å². The van der Waals surface area contributed by atoms with E-state index in [1.165, 1.54) is 0 Å². The molecule has 0 bridgehead atoms. The Morgan fingerprint density at radius 1 is 1.39 bits per heavy atom. The topological polar surface area (TPSA) is 70.6 Å². The predicted octanol–water partition coefficient (Wildman–Crippen LogP) is 1.51. The van der Waals surface area contributed by atoms with Crippen molar-refractivity contribution in [2.75, 3.05) is 20.3 Å². The highest BCUT2D eigenvalue weighted by Crippen LogP contribution is 2.20.